The Morgan fingerprint density at radius 1 is 1.35 bits per heavy atom. The largest absolute Gasteiger partial charge is 0.354 e. The minimum atomic E-state index is 0.0603. The van der Waals surface area contributed by atoms with Crippen LogP contribution in [0.25, 0.3) is 0 Å². The lowest BCUT2D eigenvalue weighted by atomic mass is 9.98. The lowest BCUT2D eigenvalue weighted by Crippen LogP contribution is -2.48. The van der Waals surface area contributed by atoms with Crippen molar-refractivity contribution >= 4 is 5.91 Å². The fraction of sp³-hybridized carbons (Fsp3) is 0.923. The lowest BCUT2D eigenvalue weighted by molar-refractivity contribution is -0.123. The highest BCUT2D eigenvalue weighted by atomic mass is 16.2. The highest BCUT2D eigenvalue weighted by Gasteiger charge is 2.22. The van der Waals surface area contributed by atoms with Crippen LogP contribution in [0.2, 0.25) is 0 Å². The first-order valence-corrected chi connectivity index (χ1v) is 6.95. The molecule has 2 saturated heterocycles. The average molecular weight is 239 g/mol. The van der Waals surface area contributed by atoms with Gasteiger partial charge < -0.3 is 15.5 Å². The van der Waals surface area contributed by atoms with Gasteiger partial charge >= 0.3 is 0 Å². The van der Waals surface area contributed by atoms with Crippen molar-refractivity contribution in [3.8, 4) is 0 Å². The van der Waals surface area contributed by atoms with Crippen molar-refractivity contribution in [2.75, 3.05) is 33.2 Å². The zero-order valence-electron chi connectivity index (χ0n) is 10.9. The summed E-state index contributed by atoms with van der Waals surface area (Å²) < 4.78 is 0. The molecular weight excluding hydrogens is 214 g/mol. The second-order valence-electron chi connectivity index (χ2n) is 5.52. The zero-order valence-corrected chi connectivity index (χ0v) is 10.9. The molecule has 98 valence electrons. The topological polar surface area (TPSA) is 44.4 Å². The molecule has 2 aliphatic heterocycles. The molecule has 0 spiro atoms. The molecule has 1 amide bonds. The first kappa shape index (κ1) is 12.8. The van der Waals surface area contributed by atoms with E-state index in [0.717, 1.165) is 26.1 Å². The molecule has 17 heavy (non-hydrogen) atoms. The molecule has 2 N–H and O–H groups in total. The summed E-state index contributed by atoms with van der Waals surface area (Å²) in [7, 11) is 2.16. The number of rotatable bonds is 3. The Bertz CT molecular complexity index is 251. The SMILES string of the molecule is CN1CCCC(CNC(=O)C2CCCCN2)C1. The van der Waals surface area contributed by atoms with E-state index in [1.165, 1.54) is 32.2 Å². The van der Waals surface area contributed by atoms with E-state index in [4.69, 9.17) is 0 Å². The lowest BCUT2D eigenvalue weighted by Gasteiger charge is -2.30. The molecule has 2 aliphatic rings. The first-order chi connectivity index (χ1) is 8.25. The Balaban J connectivity index is 1.68. The van der Waals surface area contributed by atoms with Crippen LogP contribution in [-0.4, -0.2) is 50.1 Å². The van der Waals surface area contributed by atoms with Gasteiger partial charge in [-0.25, -0.2) is 0 Å². The molecule has 2 unspecified atom stereocenters. The maximum atomic E-state index is 11.9. The van der Waals surface area contributed by atoms with Crippen LogP contribution < -0.4 is 10.6 Å². The standard InChI is InChI=1S/C13H25N3O/c1-16-8-4-5-11(10-16)9-15-13(17)12-6-2-3-7-14-12/h11-12,14H,2-10H2,1H3,(H,15,17). The molecule has 0 aromatic heterocycles. The molecule has 0 aliphatic carbocycles. The van der Waals surface area contributed by atoms with Crippen LogP contribution in [0.15, 0.2) is 0 Å². The Kier molecular flexibility index (Phi) is 4.80. The van der Waals surface area contributed by atoms with E-state index in [2.05, 4.69) is 22.6 Å². The molecule has 0 saturated carbocycles. The summed E-state index contributed by atoms with van der Waals surface area (Å²) in [6.07, 6.45) is 5.90. The highest BCUT2D eigenvalue weighted by molar-refractivity contribution is 5.81. The van der Waals surface area contributed by atoms with Crippen molar-refractivity contribution in [1.82, 2.24) is 15.5 Å². The summed E-state index contributed by atoms with van der Waals surface area (Å²) in [6.45, 7) is 4.17. The molecule has 0 aromatic rings. The van der Waals surface area contributed by atoms with Crippen molar-refractivity contribution in [1.29, 1.82) is 0 Å². The van der Waals surface area contributed by atoms with E-state index < -0.39 is 0 Å². The number of hydrogen-bond donors (Lipinski definition) is 2. The minimum absolute atomic E-state index is 0.0603. The molecule has 0 radical (unpaired) electrons. The van der Waals surface area contributed by atoms with Crippen molar-refractivity contribution in [3.05, 3.63) is 0 Å². The molecule has 4 heteroatoms. The van der Waals surface area contributed by atoms with E-state index in [0.29, 0.717) is 5.92 Å². The van der Waals surface area contributed by atoms with Gasteiger partial charge in [0.1, 0.15) is 0 Å². The molecule has 0 aromatic carbocycles. The highest BCUT2D eigenvalue weighted by Crippen LogP contribution is 2.14. The van der Waals surface area contributed by atoms with Gasteiger partial charge in [-0.1, -0.05) is 6.42 Å². The Morgan fingerprint density at radius 2 is 2.24 bits per heavy atom. The number of nitrogens with one attached hydrogen (secondary N) is 2. The van der Waals surface area contributed by atoms with Gasteiger partial charge in [0.2, 0.25) is 5.91 Å². The Hall–Kier alpha value is -0.610. The van der Waals surface area contributed by atoms with Gasteiger partial charge in [0.05, 0.1) is 6.04 Å². The van der Waals surface area contributed by atoms with Crippen LogP contribution in [0.4, 0.5) is 0 Å². The molecule has 4 nitrogen and oxygen atoms in total. The number of piperidine rings is 2. The number of amides is 1. The van der Waals surface area contributed by atoms with Gasteiger partial charge in [-0.15, -0.1) is 0 Å². The summed E-state index contributed by atoms with van der Waals surface area (Å²) >= 11 is 0. The zero-order chi connectivity index (χ0) is 12.1. The predicted molar refractivity (Wildman–Crippen MR) is 68.9 cm³/mol. The maximum absolute atomic E-state index is 11.9. The van der Waals surface area contributed by atoms with Crippen molar-refractivity contribution in [2.45, 2.75) is 38.1 Å². The van der Waals surface area contributed by atoms with E-state index in [1.807, 2.05) is 0 Å². The molecule has 2 atom stereocenters. The number of carbonyl (C=O) groups is 1. The van der Waals surface area contributed by atoms with Crippen LogP contribution in [-0.2, 0) is 4.79 Å². The smallest absolute Gasteiger partial charge is 0.237 e. The fourth-order valence-corrected chi connectivity index (χ4v) is 2.88. The predicted octanol–water partition coefficient (Wildman–Crippen LogP) is 0.587. The van der Waals surface area contributed by atoms with Gasteiger partial charge in [0.25, 0.3) is 0 Å². The summed E-state index contributed by atoms with van der Waals surface area (Å²) in [5.41, 5.74) is 0. The van der Waals surface area contributed by atoms with E-state index in [-0.39, 0.29) is 11.9 Å². The Labute approximate surface area is 104 Å². The van der Waals surface area contributed by atoms with Crippen molar-refractivity contribution in [2.24, 2.45) is 5.92 Å². The molecular formula is C13H25N3O. The third-order valence-corrected chi connectivity index (χ3v) is 3.91. The number of hydrogen-bond acceptors (Lipinski definition) is 3. The van der Waals surface area contributed by atoms with E-state index >= 15 is 0 Å². The van der Waals surface area contributed by atoms with Gasteiger partial charge in [-0.3, -0.25) is 4.79 Å². The quantitative estimate of drug-likeness (QED) is 0.757. The van der Waals surface area contributed by atoms with Gasteiger partial charge in [0.15, 0.2) is 0 Å². The fourth-order valence-electron chi connectivity index (χ4n) is 2.88. The number of carbonyl (C=O) groups excluding carboxylic acids is 1. The van der Waals surface area contributed by atoms with Crippen molar-refractivity contribution < 1.29 is 4.79 Å². The second kappa shape index (κ2) is 6.36. The minimum Gasteiger partial charge on any atom is -0.354 e. The molecule has 0 bridgehead atoms. The second-order valence-corrected chi connectivity index (χ2v) is 5.52. The average Bonchev–Trinajstić information content (AvgIpc) is 2.37. The summed E-state index contributed by atoms with van der Waals surface area (Å²) in [6, 6.07) is 0.0603. The summed E-state index contributed by atoms with van der Waals surface area (Å²) in [5, 5.41) is 6.41. The van der Waals surface area contributed by atoms with Crippen LogP contribution in [0.3, 0.4) is 0 Å². The van der Waals surface area contributed by atoms with Crippen LogP contribution in [0.5, 0.6) is 0 Å². The van der Waals surface area contributed by atoms with Crippen LogP contribution in [0.1, 0.15) is 32.1 Å². The Morgan fingerprint density at radius 3 is 2.94 bits per heavy atom. The molecule has 2 heterocycles. The first-order valence-electron chi connectivity index (χ1n) is 6.95. The maximum Gasteiger partial charge on any atom is 0.237 e. The van der Waals surface area contributed by atoms with Gasteiger partial charge in [-0.05, 0) is 51.7 Å². The number of nitrogens with zero attached hydrogens (tertiary/aromatic N) is 1. The van der Waals surface area contributed by atoms with Gasteiger partial charge in [-0.2, -0.15) is 0 Å². The molecule has 2 fully saturated rings. The van der Waals surface area contributed by atoms with Crippen molar-refractivity contribution in [3.63, 3.8) is 0 Å². The third kappa shape index (κ3) is 3.96. The molecule has 2 rings (SSSR count). The van der Waals surface area contributed by atoms with E-state index in [9.17, 15) is 4.79 Å². The number of likely N-dealkylation sites (tertiary alicyclic amines) is 1. The third-order valence-electron chi connectivity index (χ3n) is 3.91. The monoisotopic (exact) mass is 239 g/mol. The van der Waals surface area contributed by atoms with E-state index in [1.54, 1.807) is 0 Å². The summed E-state index contributed by atoms with van der Waals surface area (Å²) in [5.74, 6) is 0.846. The summed E-state index contributed by atoms with van der Waals surface area (Å²) in [4.78, 5) is 14.3. The van der Waals surface area contributed by atoms with Crippen LogP contribution in [0, 0.1) is 5.92 Å². The normalized spacial score (nSPS) is 31.1. The van der Waals surface area contributed by atoms with Crippen LogP contribution >= 0.6 is 0 Å². The van der Waals surface area contributed by atoms with Gasteiger partial charge in [0, 0.05) is 13.1 Å².